The van der Waals surface area contributed by atoms with E-state index in [-0.39, 0.29) is 13.2 Å². The molecule has 0 aromatic heterocycles. The third-order valence-electron chi connectivity index (χ3n) is 4.56. The summed E-state index contributed by atoms with van der Waals surface area (Å²) in [6.45, 7) is 5.86. The number of ether oxygens (including phenoxy) is 2. The van der Waals surface area contributed by atoms with E-state index < -0.39 is 22.0 Å². The molecule has 0 bridgehead atoms. The van der Waals surface area contributed by atoms with E-state index in [0.29, 0.717) is 17.2 Å². The minimum absolute atomic E-state index is 0.224. The number of methoxy groups -OCH3 is 1. The van der Waals surface area contributed by atoms with Gasteiger partial charge in [0.2, 0.25) is 15.9 Å². The summed E-state index contributed by atoms with van der Waals surface area (Å²) in [5, 5.41) is 2.73. The van der Waals surface area contributed by atoms with Gasteiger partial charge in [-0.15, -0.1) is 0 Å². The Morgan fingerprint density at radius 3 is 2.34 bits per heavy atom. The molecule has 0 aliphatic carbocycles. The Morgan fingerprint density at radius 1 is 1.10 bits per heavy atom. The fourth-order valence-electron chi connectivity index (χ4n) is 2.89. The van der Waals surface area contributed by atoms with Crippen LogP contribution in [0.4, 0.5) is 5.69 Å². The third kappa shape index (κ3) is 5.87. The lowest BCUT2D eigenvalue weighted by Gasteiger charge is -2.28. The van der Waals surface area contributed by atoms with Crippen molar-refractivity contribution in [2.45, 2.75) is 26.8 Å². The van der Waals surface area contributed by atoms with E-state index in [0.717, 1.165) is 21.7 Å². The number of para-hydroxylation sites is 2. The molecule has 0 heterocycles. The lowest BCUT2D eigenvalue weighted by molar-refractivity contribution is -0.121. The zero-order valence-corrected chi connectivity index (χ0v) is 18.2. The maximum absolute atomic E-state index is 12.6. The van der Waals surface area contributed by atoms with Gasteiger partial charge in [0, 0.05) is 0 Å². The molecule has 0 fully saturated rings. The van der Waals surface area contributed by atoms with Gasteiger partial charge >= 0.3 is 0 Å². The standard InChI is InChI=1S/C21H28N2O5S/c1-15-10-11-18(14-16(15)2)23(29(5,25)26)17(3)21(24)22-12-13-28-20-9-7-6-8-19(20)27-4/h6-11,14,17H,12-13H2,1-5H3,(H,22,24)/t17-/m0/s1. The summed E-state index contributed by atoms with van der Waals surface area (Å²) in [6, 6.07) is 11.6. The average Bonchev–Trinajstić information content (AvgIpc) is 2.67. The Labute approximate surface area is 172 Å². The van der Waals surface area contributed by atoms with E-state index >= 15 is 0 Å². The predicted molar refractivity (Wildman–Crippen MR) is 114 cm³/mol. The van der Waals surface area contributed by atoms with E-state index in [9.17, 15) is 13.2 Å². The molecule has 158 valence electrons. The monoisotopic (exact) mass is 420 g/mol. The molecular weight excluding hydrogens is 392 g/mol. The molecule has 2 rings (SSSR count). The number of nitrogens with one attached hydrogen (secondary N) is 1. The number of hydrogen-bond acceptors (Lipinski definition) is 5. The van der Waals surface area contributed by atoms with Gasteiger partial charge in [0.15, 0.2) is 11.5 Å². The highest BCUT2D eigenvalue weighted by molar-refractivity contribution is 7.92. The minimum Gasteiger partial charge on any atom is -0.493 e. The van der Waals surface area contributed by atoms with Gasteiger partial charge in [-0.05, 0) is 56.2 Å². The Hall–Kier alpha value is -2.74. The maximum Gasteiger partial charge on any atom is 0.243 e. The van der Waals surface area contributed by atoms with Crippen molar-refractivity contribution in [1.82, 2.24) is 5.32 Å². The highest BCUT2D eigenvalue weighted by Gasteiger charge is 2.29. The smallest absolute Gasteiger partial charge is 0.243 e. The molecule has 2 aromatic carbocycles. The Bertz CT molecular complexity index is 959. The van der Waals surface area contributed by atoms with E-state index in [1.54, 1.807) is 38.3 Å². The quantitative estimate of drug-likeness (QED) is 0.631. The summed E-state index contributed by atoms with van der Waals surface area (Å²) in [5.41, 5.74) is 2.46. The van der Waals surface area contributed by atoms with Crippen molar-refractivity contribution < 1.29 is 22.7 Å². The van der Waals surface area contributed by atoms with Gasteiger partial charge in [-0.1, -0.05) is 18.2 Å². The molecular formula is C21H28N2O5S. The Balaban J connectivity index is 2.03. The van der Waals surface area contributed by atoms with Gasteiger partial charge in [-0.3, -0.25) is 9.10 Å². The van der Waals surface area contributed by atoms with Gasteiger partial charge in [0.1, 0.15) is 12.6 Å². The number of rotatable bonds is 9. The van der Waals surface area contributed by atoms with Crippen LogP contribution in [-0.4, -0.2) is 46.9 Å². The Morgan fingerprint density at radius 2 is 1.76 bits per heavy atom. The number of carbonyl (C=O) groups is 1. The van der Waals surface area contributed by atoms with Gasteiger partial charge in [-0.2, -0.15) is 0 Å². The van der Waals surface area contributed by atoms with Gasteiger partial charge in [0.25, 0.3) is 0 Å². The summed E-state index contributed by atoms with van der Waals surface area (Å²) in [7, 11) is -2.10. The third-order valence-corrected chi connectivity index (χ3v) is 5.80. The van der Waals surface area contributed by atoms with Crippen molar-refractivity contribution >= 4 is 21.6 Å². The lowest BCUT2D eigenvalue weighted by Crippen LogP contribution is -2.48. The van der Waals surface area contributed by atoms with Crippen LogP contribution < -0.4 is 19.1 Å². The van der Waals surface area contributed by atoms with Crippen LogP contribution in [0.15, 0.2) is 42.5 Å². The highest BCUT2D eigenvalue weighted by Crippen LogP contribution is 2.26. The average molecular weight is 421 g/mol. The highest BCUT2D eigenvalue weighted by atomic mass is 32.2. The van der Waals surface area contributed by atoms with E-state index in [2.05, 4.69) is 5.32 Å². The second-order valence-electron chi connectivity index (χ2n) is 6.79. The molecule has 8 heteroatoms. The Kier molecular flexibility index (Phi) is 7.50. The largest absolute Gasteiger partial charge is 0.493 e. The summed E-state index contributed by atoms with van der Waals surface area (Å²) in [5.74, 6) is 0.771. The molecule has 2 aromatic rings. The van der Waals surface area contributed by atoms with E-state index in [1.807, 2.05) is 32.0 Å². The first-order chi connectivity index (χ1) is 13.6. The molecule has 0 aliphatic rings. The van der Waals surface area contributed by atoms with Crippen LogP contribution in [0.1, 0.15) is 18.1 Å². The number of hydrogen-bond donors (Lipinski definition) is 1. The zero-order chi connectivity index (χ0) is 21.6. The first-order valence-corrected chi connectivity index (χ1v) is 11.1. The number of sulfonamides is 1. The molecule has 1 atom stereocenters. The van der Waals surface area contributed by atoms with Gasteiger partial charge < -0.3 is 14.8 Å². The SMILES string of the molecule is COc1ccccc1OCCNC(=O)[C@H](C)N(c1ccc(C)c(C)c1)S(C)(=O)=O. The summed E-state index contributed by atoms with van der Waals surface area (Å²) < 4.78 is 36.7. The molecule has 1 N–H and O–H groups in total. The molecule has 0 spiro atoms. The second-order valence-corrected chi connectivity index (χ2v) is 8.65. The van der Waals surface area contributed by atoms with Crippen LogP contribution in [0, 0.1) is 13.8 Å². The fourth-order valence-corrected chi connectivity index (χ4v) is 4.06. The van der Waals surface area contributed by atoms with Crippen LogP contribution >= 0.6 is 0 Å². The maximum atomic E-state index is 12.6. The molecule has 0 radical (unpaired) electrons. The molecule has 29 heavy (non-hydrogen) atoms. The topological polar surface area (TPSA) is 84.9 Å². The zero-order valence-electron chi connectivity index (χ0n) is 17.4. The molecule has 0 aliphatic heterocycles. The second kappa shape index (κ2) is 9.65. The van der Waals surface area contributed by atoms with Crippen LogP contribution in [0.25, 0.3) is 0 Å². The number of amides is 1. The number of aryl methyl sites for hydroxylation is 2. The predicted octanol–water partition coefficient (Wildman–Crippen LogP) is 2.66. The molecule has 0 unspecified atom stereocenters. The number of carbonyl (C=O) groups excluding carboxylic acids is 1. The van der Waals surface area contributed by atoms with Crippen molar-refractivity contribution in [3.8, 4) is 11.5 Å². The van der Waals surface area contributed by atoms with Crippen LogP contribution in [0.5, 0.6) is 11.5 Å². The van der Waals surface area contributed by atoms with Crippen molar-refractivity contribution in [1.29, 1.82) is 0 Å². The van der Waals surface area contributed by atoms with Crippen molar-refractivity contribution in [3.05, 3.63) is 53.6 Å². The van der Waals surface area contributed by atoms with Gasteiger partial charge in [0.05, 0.1) is 25.6 Å². The van der Waals surface area contributed by atoms with Gasteiger partial charge in [-0.25, -0.2) is 8.42 Å². The van der Waals surface area contributed by atoms with Crippen LogP contribution in [0.2, 0.25) is 0 Å². The summed E-state index contributed by atoms with van der Waals surface area (Å²) in [4.78, 5) is 12.6. The van der Waals surface area contributed by atoms with Crippen molar-refractivity contribution in [2.75, 3.05) is 30.8 Å². The molecule has 1 amide bonds. The first kappa shape index (κ1) is 22.5. The molecule has 0 saturated heterocycles. The molecule has 7 nitrogen and oxygen atoms in total. The van der Waals surface area contributed by atoms with Crippen LogP contribution in [-0.2, 0) is 14.8 Å². The van der Waals surface area contributed by atoms with E-state index in [1.165, 1.54) is 0 Å². The fraction of sp³-hybridized carbons (Fsp3) is 0.381. The summed E-state index contributed by atoms with van der Waals surface area (Å²) in [6.07, 6.45) is 1.09. The van der Waals surface area contributed by atoms with Crippen molar-refractivity contribution in [3.63, 3.8) is 0 Å². The normalized spacial score (nSPS) is 12.2. The lowest BCUT2D eigenvalue weighted by atomic mass is 10.1. The first-order valence-electron chi connectivity index (χ1n) is 9.25. The number of nitrogens with zero attached hydrogens (tertiary/aromatic N) is 1. The number of anilines is 1. The molecule has 0 saturated carbocycles. The number of benzene rings is 2. The summed E-state index contributed by atoms with van der Waals surface area (Å²) >= 11 is 0. The van der Waals surface area contributed by atoms with E-state index in [4.69, 9.17) is 9.47 Å². The van der Waals surface area contributed by atoms with Crippen LogP contribution in [0.3, 0.4) is 0 Å². The van der Waals surface area contributed by atoms with Crippen molar-refractivity contribution in [2.24, 2.45) is 0 Å². The minimum atomic E-state index is -3.65.